The van der Waals surface area contributed by atoms with E-state index in [9.17, 15) is 14.0 Å². The monoisotopic (exact) mass is 394 g/mol. The first-order valence-electron chi connectivity index (χ1n) is 9.88. The first kappa shape index (κ1) is 19.1. The van der Waals surface area contributed by atoms with Crippen molar-refractivity contribution in [2.75, 3.05) is 0 Å². The Morgan fingerprint density at radius 2 is 1.66 bits per heavy atom. The molecule has 1 fully saturated rings. The SMILES string of the molecule is O=C(NCc1ccc(F)cc1)NCc1nn(C2CCCC2)c(=O)c2ccccc12. The molecule has 0 unspecified atom stereocenters. The first-order valence-corrected chi connectivity index (χ1v) is 9.88. The fraction of sp³-hybridized carbons (Fsp3) is 0.318. The van der Waals surface area contributed by atoms with Crippen LogP contribution in [0.25, 0.3) is 10.8 Å². The van der Waals surface area contributed by atoms with Gasteiger partial charge >= 0.3 is 6.03 Å². The number of aromatic nitrogens is 2. The minimum absolute atomic E-state index is 0.0722. The summed E-state index contributed by atoms with van der Waals surface area (Å²) in [6.45, 7) is 0.505. The maximum Gasteiger partial charge on any atom is 0.315 e. The minimum Gasteiger partial charge on any atom is -0.334 e. The maximum absolute atomic E-state index is 13.0. The summed E-state index contributed by atoms with van der Waals surface area (Å²) < 4.78 is 14.6. The zero-order valence-electron chi connectivity index (χ0n) is 16.0. The van der Waals surface area contributed by atoms with Crippen molar-refractivity contribution in [2.24, 2.45) is 0 Å². The molecule has 0 atom stereocenters. The van der Waals surface area contributed by atoms with Gasteiger partial charge in [0.25, 0.3) is 5.56 Å². The van der Waals surface area contributed by atoms with E-state index in [-0.39, 0.29) is 30.0 Å². The number of fused-ring (bicyclic) bond motifs is 1. The van der Waals surface area contributed by atoms with E-state index in [0.29, 0.717) is 17.6 Å². The first-order chi connectivity index (χ1) is 14.1. The van der Waals surface area contributed by atoms with E-state index in [1.807, 2.05) is 24.3 Å². The molecule has 0 spiro atoms. The van der Waals surface area contributed by atoms with Gasteiger partial charge < -0.3 is 10.6 Å². The van der Waals surface area contributed by atoms with Crippen LogP contribution in [0.1, 0.15) is 43.0 Å². The lowest BCUT2D eigenvalue weighted by molar-refractivity contribution is 0.240. The summed E-state index contributed by atoms with van der Waals surface area (Å²) in [4.78, 5) is 25.1. The van der Waals surface area contributed by atoms with Crippen molar-refractivity contribution in [3.05, 3.63) is 76.0 Å². The summed E-state index contributed by atoms with van der Waals surface area (Å²) >= 11 is 0. The third kappa shape index (κ3) is 4.29. The fourth-order valence-corrected chi connectivity index (χ4v) is 3.81. The van der Waals surface area contributed by atoms with Crippen LogP contribution in [0.4, 0.5) is 9.18 Å². The standard InChI is InChI=1S/C22H23FN4O2/c23-16-11-9-15(10-12-16)13-24-22(29)25-14-20-18-7-3-4-8-19(18)21(28)27(26-20)17-5-1-2-6-17/h3-4,7-12,17H,1-2,5-6,13-14H2,(H2,24,25,29). The third-order valence-electron chi connectivity index (χ3n) is 5.36. The summed E-state index contributed by atoms with van der Waals surface area (Å²) in [7, 11) is 0. The molecule has 2 N–H and O–H groups in total. The molecule has 0 bridgehead atoms. The van der Waals surface area contributed by atoms with Crippen LogP contribution in [0, 0.1) is 5.82 Å². The Hall–Kier alpha value is -3.22. The van der Waals surface area contributed by atoms with Crippen LogP contribution in [0.2, 0.25) is 0 Å². The molecule has 1 saturated carbocycles. The Morgan fingerprint density at radius 1 is 1.00 bits per heavy atom. The molecule has 29 heavy (non-hydrogen) atoms. The zero-order chi connectivity index (χ0) is 20.2. The Balaban J connectivity index is 1.49. The highest BCUT2D eigenvalue weighted by molar-refractivity contribution is 5.84. The number of hydrogen-bond donors (Lipinski definition) is 2. The van der Waals surface area contributed by atoms with Crippen LogP contribution in [-0.2, 0) is 13.1 Å². The molecular formula is C22H23FN4O2. The van der Waals surface area contributed by atoms with Crippen LogP contribution in [0.3, 0.4) is 0 Å². The Bertz CT molecular complexity index is 1070. The summed E-state index contributed by atoms with van der Waals surface area (Å²) in [5.74, 6) is -0.312. The highest BCUT2D eigenvalue weighted by Crippen LogP contribution is 2.28. The predicted molar refractivity (Wildman–Crippen MR) is 109 cm³/mol. The van der Waals surface area contributed by atoms with Crippen molar-refractivity contribution in [3.8, 4) is 0 Å². The van der Waals surface area contributed by atoms with Crippen molar-refractivity contribution in [1.82, 2.24) is 20.4 Å². The van der Waals surface area contributed by atoms with Gasteiger partial charge in [-0.25, -0.2) is 13.9 Å². The number of halogens is 1. The van der Waals surface area contributed by atoms with E-state index in [2.05, 4.69) is 15.7 Å². The number of amides is 2. The van der Waals surface area contributed by atoms with Gasteiger partial charge in [-0.2, -0.15) is 5.10 Å². The molecule has 7 heteroatoms. The lowest BCUT2D eigenvalue weighted by Crippen LogP contribution is -2.36. The lowest BCUT2D eigenvalue weighted by Gasteiger charge is -2.16. The number of hydrogen-bond acceptors (Lipinski definition) is 3. The molecular weight excluding hydrogens is 371 g/mol. The summed E-state index contributed by atoms with van der Waals surface area (Å²) in [5, 5.41) is 11.5. The number of nitrogens with zero attached hydrogens (tertiary/aromatic N) is 2. The van der Waals surface area contributed by atoms with Gasteiger partial charge in [0.05, 0.1) is 23.7 Å². The van der Waals surface area contributed by atoms with Gasteiger partial charge in [-0.15, -0.1) is 0 Å². The fourth-order valence-electron chi connectivity index (χ4n) is 3.81. The van der Waals surface area contributed by atoms with Crippen molar-refractivity contribution in [1.29, 1.82) is 0 Å². The molecule has 2 amide bonds. The Morgan fingerprint density at radius 3 is 2.38 bits per heavy atom. The molecule has 0 saturated heterocycles. The van der Waals surface area contributed by atoms with E-state index in [1.165, 1.54) is 12.1 Å². The maximum atomic E-state index is 13.0. The molecule has 6 nitrogen and oxygen atoms in total. The number of urea groups is 1. The summed E-state index contributed by atoms with van der Waals surface area (Å²) in [6, 6.07) is 13.1. The average Bonchev–Trinajstić information content (AvgIpc) is 3.28. The van der Waals surface area contributed by atoms with Crippen molar-refractivity contribution < 1.29 is 9.18 Å². The number of nitrogens with one attached hydrogen (secondary N) is 2. The van der Waals surface area contributed by atoms with E-state index >= 15 is 0 Å². The smallest absolute Gasteiger partial charge is 0.315 e. The van der Waals surface area contributed by atoms with Gasteiger partial charge in [-0.1, -0.05) is 43.2 Å². The molecule has 150 valence electrons. The van der Waals surface area contributed by atoms with E-state index < -0.39 is 0 Å². The van der Waals surface area contributed by atoms with Gasteiger partial charge in [0.1, 0.15) is 5.82 Å². The van der Waals surface area contributed by atoms with E-state index in [4.69, 9.17) is 0 Å². The van der Waals surface area contributed by atoms with Crippen LogP contribution in [-0.4, -0.2) is 15.8 Å². The predicted octanol–water partition coefficient (Wildman–Crippen LogP) is 3.65. The topological polar surface area (TPSA) is 76.0 Å². The normalized spacial score (nSPS) is 14.2. The highest BCUT2D eigenvalue weighted by Gasteiger charge is 2.21. The van der Waals surface area contributed by atoms with Crippen molar-refractivity contribution in [2.45, 2.75) is 44.8 Å². The second-order valence-electron chi connectivity index (χ2n) is 7.34. The molecule has 0 radical (unpaired) electrons. The van der Waals surface area contributed by atoms with Crippen LogP contribution in [0.15, 0.2) is 53.3 Å². The van der Waals surface area contributed by atoms with Crippen LogP contribution >= 0.6 is 0 Å². The number of carbonyl (C=O) groups is 1. The molecule has 1 aromatic heterocycles. The minimum atomic E-state index is -0.348. The molecule has 2 aromatic carbocycles. The molecule has 1 aliphatic rings. The van der Waals surface area contributed by atoms with Gasteiger partial charge in [-0.05, 0) is 36.6 Å². The molecule has 3 aromatic rings. The quantitative estimate of drug-likeness (QED) is 0.694. The molecule has 0 aliphatic heterocycles. The average molecular weight is 394 g/mol. The summed E-state index contributed by atoms with van der Waals surface area (Å²) in [5.41, 5.74) is 1.40. The van der Waals surface area contributed by atoms with Gasteiger partial charge in [0.2, 0.25) is 0 Å². The second-order valence-corrected chi connectivity index (χ2v) is 7.34. The number of benzene rings is 2. The van der Waals surface area contributed by atoms with Gasteiger partial charge in [0, 0.05) is 11.9 Å². The zero-order valence-corrected chi connectivity index (χ0v) is 16.0. The van der Waals surface area contributed by atoms with E-state index in [1.54, 1.807) is 16.8 Å². The molecule has 1 aliphatic carbocycles. The lowest BCUT2D eigenvalue weighted by atomic mass is 10.1. The number of rotatable bonds is 5. The largest absolute Gasteiger partial charge is 0.334 e. The van der Waals surface area contributed by atoms with Crippen LogP contribution in [0.5, 0.6) is 0 Å². The highest BCUT2D eigenvalue weighted by atomic mass is 19.1. The second kappa shape index (κ2) is 8.43. The van der Waals surface area contributed by atoms with Crippen LogP contribution < -0.4 is 16.2 Å². The van der Waals surface area contributed by atoms with Crippen molar-refractivity contribution >= 4 is 16.8 Å². The Kier molecular flexibility index (Phi) is 5.55. The number of carbonyl (C=O) groups excluding carboxylic acids is 1. The molecule has 1 heterocycles. The van der Waals surface area contributed by atoms with Crippen molar-refractivity contribution in [3.63, 3.8) is 0 Å². The third-order valence-corrected chi connectivity index (χ3v) is 5.36. The van der Waals surface area contributed by atoms with Gasteiger partial charge in [-0.3, -0.25) is 4.79 Å². The summed E-state index contributed by atoms with van der Waals surface area (Å²) in [6.07, 6.45) is 4.11. The van der Waals surface area contributed by atoms with E-state index in [0.717, 1.165) is 36.6 Å². The Labute approximate surface area is 167 Å². The molecule has 4 rings (SSSR count). The van der Waals surface area contributed by atoms with Gasteiger partial charge in [0.15, 0.2) is 0 Å².